The largest absolute Gasteiger partial charge is 0.496 e. The van der Waals surface area contributed by atoms with E-state index < -0.39 is 0 Å². The molecule has 1 heterocycles. The van der Waals surface area contributed by atoms with E-state index >= 15 is 0 Å². The summed E-state index contributed by atoms with van der Waals surface area (Å²) < 4.78 is 5.45. The Labute approximate surface area is 120 Å². The second kappa shape index (κ2) is 6.37. The molecule has 1 N–H and O–H groups in total. The monoisotopic (exact) mass is 271 g/mol. The molecular weight excluding hydrogens is 250 g/mol. The molecule has 0 bridgehead atoms. The SMILES string of the molecule is CCNc1cc(-c2cc(C)ccc2OC)nc(CC)n1. The molecule has 0 atom stereocenters. The second-order valence-electron chi connectivity index (χ2n) is 4.64. The minimum atomic E-state index is 0.806. The molecule has 0 aliphatic rings. The summed E-state index contributed by atoms with van der Waals surface area (Å²) in [5.41, 5.74) is 3.08. The minimum absolute atomic E-state index is 0.806. The summed E-state index contributed by atoms with van der Waals surface area (Å²) >= 11 is 0. The Morgan fingerprint density at radius 1 is 1.15 bits per heavy atom. The number of ether oxygens (including phenoxy) is 1. The normalized spacial score (nSPS) is 10.4. The van der Waals surface area contributed by atoms with Gasteiger partial charge in [-0.25, -0.2) is 9.97 Å². The summed E-state index contributed by atoms with van der Waals surface area (Å²) in [6, 6.07) is 8.08. The zero-order valence-corrected chi connectivity index (χ0v) is 12.5. The number of rotatable bonds is 5. The first kappa shape index (κ1) is 14.3. The van der Waals surface area contributed by atoms with Gasteiger partial charge < -0.3 is 10.1 Å². The van der Waals surface area contributed by atoms with Crippen LogP contribution in [0.2, 0.25) is 0 Å². The predicted octanol–water partition coefficient (Wildman–Crippen LogP) is 3.45. The van der Waals surface area contributed by atoms with Gasteiger partial charge in [0.05, 0.1) is 12.8 Å². The molecule has 0 aliphatic heterocycles. The molecule has 0 saturated carbocycles. The Hall–Kier alpha value is -2.10. The third kappa shape index (κ3) is 3.07. The van der Waals surface area contributed by atoms with Crippen molar-refractivity contribution in [1.29, 1.82) is 0 Å². The maximum Gasteiger partial charge on any atom is 0.131 e. The molecule has 4 heteroatoms. The molecule has 4 nitrogen and oxygen atoms in total. The fraction of sp³-hybridized carbons (Fsp3) is 0.375. The Morgan fingerprint density at radius 3 is 2.60 bits per heavy atom. The van der Waals surface area contributed by atoms with E-state index in [1.165, 1.54) is 5.56 Å². The summed E-state index contributed by atoms with van der Waals surface area (Å²) in [6.45, 7) is 7.02. The molecule has 20 heavy (non-hydrogen) atoms. The second-order valence-corrected chi connectivity index (χ2v) is 4.64. The molecule has 106 valence electrons. The van der Waals surface area contributed by atoms with Crippen molar-refractivity contribution in [1.82, 2.24) is 9.97 Å². The zero-order valence-electron chi connectivity index (χ0n) is 12.5. The highest BCUT2D eigenvalue weighted by Crippen LogP contribution is 2.30. The van der Waals surface area contributed by atoms with Crippen molar-refractivity contribution in [2.45, 2.75) is 27.2 Å². The van der Waals surface area contributed by atoms with E-state index in [1.54, 1.807) is 7.11 Å². The van der Waals surface area contributed by atoms with Crippen LogP contribution in [0.5, 0.6) is 5.75 Å². The number of aryl methyl sites for hydroxylation is 2. The van der Waals surface area contributed by atoms with Gasteiger partial charge in [-0.3, -0.25) is 0 Å². The molecule has 0 spiro atoms. The number of nitrogens with one attached hydrogen (secondary N) is 1. The molecule has 0 radical (unpaired) electrons. The Morgan fingerprint density at radius 2 is 1.95 bits per heavy atom. The van der Waals surface area contributed by atoms with Crippen molar-refractivity contribution < 1.29 is 4.74 Å². The molecule has 1 aromatic carbocycles. The summed E-state index contributed by atoms with van der Waals surface area (Å²) in [6.07, 6.45) is 0.806. The first-order valence-corrected chi connectivity index (χ1v) is 6.94. The van der Waals surface area contributed by atoms with Crippen LogP contribution < -0.4 is 10.1 Å². The zero-order chi connectivity index (χ0) is 14.5. The van der Waals surface area contributed by atoms with Crippen LogP contribution in [0, 0.1) is 6.92 Å². The number of hydrogen-bond acceptors (Lipinski definition) is 4. The fourth-order valence-electron chi connectivity index (χ4n) is 2.09. The van der Waals surface area contributed by atoms with Crippen LogP contribution in [-0.2, 0) is 6.42 Å². The van der Waals surface area contributed by atoms with Crippen LogP contribution in [0.15, 0.2) is 24.3 Å². The number of benzene rings is 1. The number of aromatic nitrogens is 2. The van der Waals surface area contributed by atoms with Crippen LogP contribution in [-0.4, -0.2) is 23.6 Å². The smallest absolute Gasteiger partial charge is 0.131 e. The highest BCUT2D eigenvalue weighted by molar-refractivity contribution is 5.70. The standard InChI is InChI=1S/C16H21N3O/c1-5-15-18-13(10-16(19-15)17-6-2)12-9-11(3)7-8-14(12)20-4/h7-10H,5-6H2,1-4H3,(H,17,18,19). The van der Waals surface area contributed by atoms with E-state index in [4.69, 9.17) is 4.74 Å². The topological polar surface area (TPSA) is 47.0 Å². The average Bonchev–Trinajstić information content (AvgIpc) is 2.47. The maximum absolute atomic E-state index is 5.45. The van der Waals surface area contributed by atoms with E-state index in [-0.39, 0.29) is 0 Å². The lowest BCUT2D eigenvalue weighted by atomic mass is 10.1. The summed E-state index contributed by atoms with van der Waals surface area (Å²) in [5.74, 6) is 2.53. The van der Waals surface area contributed by atoms with E-state index in [0.29, 0.717) is 0 Å². The predicted molar refractivity (Wildman–Crippen MR) is 82.3 cm³/mol. The van der Waals surface area contributed by atoms with Crippen molar-refractivity contribution in [3.05, 3.63) is 35.7 Å². The van der Waals surface area contributed by atoms with Gasteiger partial charge in [0.1, 0.15) is 17.4 Å². The third-order valence-electron chi connectivity index (χ3n) is 3.08. The molecule has 1 aromatic heterocycles. The van der Waals surface area contributed by atoms with E-state index in [9.17, 15) is 0 Å². The Balaban J connectivity index is 2.56. The van der Waals surface area contributed by atoms with Crippen LogP contribution in [0.4, 0.5) is 5.82 Å². The van der Waals surface area contributed by atoms with Crippen LogP contribution >= 0.6 is 0 Å². The van der Waals surface area contributed by atoms with Gasteiger partial charge in [-0.05, 0) is 26.0 Å². The van der Waals surface area contributed by atoms with E-state index in [2.05, 4.69) is 42.1 Å². The highest BCUT2D eigenvalue weighted by Gasteiger charge is 2.10. The van der Waals surface area contributed by atoms with E-state index in [0.717, 1.165) is 41.6 Å². The number of anilines is 1. The summed E-state index contributed by atoms with van der Waals surface area (Å²) in [5, 5.41) is 3.25. The molecule has 2 aromatic rings. The highest BCUT2D eigenvalue weighted by atomic mass is 16.5. The lowest BCUT2D eigenvalue weighted by Gasteiger charge is -2.12. The van der Waals surface area contributed by atoms with Gasteiger partial charge in [0.2, 0.25) is 0 Å². The minimum Gasteiger partial charge on any atom is -0.496 e. The van der Waals surface area contributed by atoms with Crippen molar-refractivity contribution >= 4 is 5.82 Å². The number of hydrogen-bond donors (Lipinski definition) is 1. The molecule has 0 saturated heterocycles. The first-order valence-electron chi connectivity index (χ1n) is 6.94. The van der Waals surface area contributed by atoms with Gasteiger partial charge in [0.15, 0.2) is 0 Å². The number of nitrogens with zero attached hydrogens (tertiary/aromatic N) is 2. The van der Waals surface area contributed by atoms with Gasteiger partial charge in [0, 0.05) is 24.6 Å². The third-order valence-corrected chi connectivity index (χ3v) is 3.08. The lowest BCUT2D eigenvalue weighted by Crippen LogP contribution is -2.04. The van der Waals surface area contributed by atoms with Crippen LogP contribution in [0.25, 0.3) is 11.3 Å². The van der Waals surface area contributed by atoms with Gasteiger partial charge in [-0.1, -0.05) is 18.6 Å². The molecule has 0 amide bonds. The van der Waals surface area contributed by atoms with Gasteiger partial charge in [-0.2, -0.15) is 0 Å². The fourth-order valence-corrected chi connectivity index (χ4v) is 2.09. The average molecular weight is 271 g/mol. The first-order chi connectivity index (χ1) is 9.67. The summed E-state index contributed by atoms with van der Waals surface area (Å²) in [7, 11) is 1.68. The Kier molecular flexibility index (Phi) is 4.56. The molecule has 0 aliphatic carbocycles. The van der Waals surface area contributed by atoms with Gasteiger partial charge in [0.25, 0.3) is 0 Å². The lowest BCUT2D eigenvalue weighted by molar-refractivity contribution is 0.416. The van der Waals surface area contributed by atoms with Crippen molar-refractivity contribution in [3.63, 3.8) is 0 Å². The molecule has 0 unspecified atom stereocenters. The molecule has 2 rings (SSSR count). The van der Waals surface area contributed by atoms with Crippen molar-refractivity contribution in [3.8, 4) is 17.0 Å². The summed E-state index contributed by atoms with van der Waals surface area (Å²) in [4.78, 5) is 9.11. The van der Waals surface area contributed by atoms with Crippen molar-refractivity contribution in [2.24, 2.45) is 0 Å². The van der Waals surface area contributed by atoms with Crippen LogP contribution in [0.3, 0.4) is 0 Å². The van der Waals surface area contributed by atoms with Crippen molar-refractivity contribution in [2.75, 3.05) is 19.0 Å². The quantitative estimate of drug-likeness (QED) is 0.904. The Bertz CT molecular complexity index is 596. The molecular formula is C16H21N3O. The van der Waals surface area contributed by atoms with E-state index in [1.807, 2.05) is 18.2 Å². The molecule has 0 fully saturated rings. The van der Waals surface area contributed by atoms with Crippen LogP contribution in [0.1, 0.15) is 25.2 Å². The van der Waals surface area contributed by atoms with Gasteiger partial charge in [-0.15, -0.1) is 0 Å². The maximum atomic E-state index is 5.45. The number of methoxy groups -OCH3 is 1. The van der Waals surface area contributed by atoms with Gasteiger partial charge >= 0.3 is 0 Å².